The first-order chi connectivity index (χ1) is 9.58. The summed E-state index contributed by atoms with van der Waals surface area (Å²) in [4.78, 5) is 24.8. The Kier molecular flexibility index (Phi) is 4.01. The molecule has 1 aliphatic rings. The first kappa shape index (κ1) is 14.0. The molecular formula is C14H11NO4S. The van der Waals surface area contributed by atoms with E-state index in [2.05, 4.69) is 5.92 Å². The zero-order valence-corrected chi connectivity index (χ0v) is 11.4. The molecule has 2 rings (SSSR count). The van der Waals surface area contributed by atoms with Gasteiger partial charge in [0.1, 0.15) is 0 Å². The summed E-state index contributed by atoms with van der Waals surface area (Å²) >= 11 is 0.790. The van der Waals surface area contributed by atoms with E-state index < -0.39 is 11.1 Å². The van der Waals surface area contributed by atoms with Gasteiger partial charge in [-0.15, -0.1) is 6.42 Å². The van der Waals surface area contributed by atoms with E-state index >= 15 is 0 Å². The lowest BCUT2D eigenvalue weighted by molar-refractivity contribution is -0.122. The largest absolute Gasteiger partial charge is 0.504 e. The van der Waals surface area contributed by atoms with Gasteiger partial charge < -0.3 is 9.84 Å². The Morgan fingerprint density at radius 3 is 2.90 bits per heavy atom. The highest BCUT2D eigenvalue weighted by Crippen LogP contribution is 2.36. The van der Waals surface area contributed by atoms with Crippen LogP contribution in [0.4, 0.5) is 4.79 Å². The normalized spacial score (nSPS) is 16.6. The molecule has 0 unspecified atom stereocenters. The third kappa shape index (κ3) is 2.49. The van der Waals surface area contributed by atoms with Crippen LogP contribution in [0.3, 0.4) is 0 Å². The molecule has 0 radical (unpaired) electrons. The summed E-state index contributed by atoms with van der Waals surface area (Å²) in [6, 6.07) is 4.89. The molecule has 1 aromatic carbocycles. The number of phenolic OH excluding ortho intramolecular Hbond substituents is 1. The van der Waals surface area contributed by atoms with Crippen LogP contribution in [0.15, 0.2) is 23.1 Å². The van der Waals surface area contributed by atoms with Crippen molar-refractivity contribution in [3.63, 3.8) is 0 Å². The van der Waals surface area contributed by atoms with E-state index in [4.69, 9.17) is 11.2 Å². The lowest BCUT2D eigenvalue weighted by Crippen LogP contribution is -2.28. The Labute approximate surface area is 120 Å². The highest BCUT2D eigenvalue weighted by Gasteiger charge is 2.34. The van der Waals surface area contributed by atoms with E-state index in [-0.39, 0.29) is 17.2 Å². The Bertz CT molecular complexity index is 645. The Morgan fingerprint density at radius 2 is 2.25 bits per heavy atom. The third-order valence-electron chi connectivity index (χ3n) is 2.66. The number of phenols is 1. The first-order valence-electron chi connectivity index (χ1n) is 5.63. The Morgan fingerprint density at radius 1 is 1.50 bits per heavy atom. The van der Waals surface area contributed by atoms with E-state index in [1.807, 2.05) is 0 Å². The molecule has 20 heavy (non-hydrogen) atoms. The van der Waals surface area contributed by atoms with E-state index in [0.29, 0.717) is 11.3 Å². The maximum atomic E-state index is 12.0. The van der Waals surface area contributed by atoms with Crippen LogP contribution in [-0.2, 0) is 4.79 Å². The molecule has 1 N–H and O–H groups in total. The molecule has 1 aromatic rings. The summed E-state index contributed by atoms with van der Waals surface area (Å²) in [6.07, 6.45) is 6.56. The smallest absolute Gasteiger partial charge is 0.294 e. The number of benzene rings is 1. The van der Waals surface area contributed by atoms with Crippen LogP contribution in [0.1, 0.15) is 5.56 Å². The van der Waals surface area contributed by atoms with Crippen LogP contribution in [0.5, 0.6) is 11.5 Å². The number of nitrogens with zero attached hydrogens (tertiary/aromatic N) is 1. The average molecular weight is 289 g/mol. The minimum atomic E-state index is -0.458. The number of hydrogen-bond donors (Lipinski definition) is 1. The lowest BCUT2D eigenvalue weighted by atomic mass is 10.1. The second-order valence-electron chi connectivity index (χ2n) is 3.87. The molecule has 0 aromatic heterocycles. The fraction of sp³-hybridized carbons (Fsp3) is 0.143. The molecule has 5 nitrogen and oxygen atoms in total. The molecule has 0 spiro atoms. The number of ether oxygens (including phenoxy) is 1. The Balaban J connectivity index is 2.36. The standard InChI is InChI=1S/C14H11NO4S/c1-3-7-15-13(17)11(20-14(15)18)8-9-5-4-6-10(19-2)12(9)16/h1,4-6,8,16H,7H2,2H3. The number of thioether (sulfide) groups is 1. The van der Waals surface area contributed by atoms with Crippen molar-refractivity contribution in [2.75, 3.05) is 13.7 Å². The summed E-state index contributed by atoms with van der Waals surface area (Å²) in [5, 5.41) is 9.53. The van der Waals surface area contributed by atoms with Crippen molar-refractivity contribution in [3.05, 3.63) is 28.7 Å². The maximum Gasteiger partial charge on any atom is 0.294 e. The second kappa shape index (κ2) is 5.72. The molecule has 1 fully saturated rings. The summed E-state index contributed by atoms with van der Waals surface area (Å²) in [6.45, 7) is -0.0634. The number of terminal acetylenes is 1. The molecule has 102 valence electrons. The number of carbonyl (C=O) groups is 2. The van der Waals surface area contributed by atoms with Gasteiger partial charge in [-0.05, 0) is 23.9 Å². The summed E-state index contributed by atoms with van der Waals surface area (Å²) in [7, 11) is 1.43. The van der Waals surface area contributed by atoms with Crippen molar-refractivity contribution in [2.45, 2.75) is 0 Å². The Hall–Kier alpha value is -2.39. The fourth-order valence-electron chi connectivity index (χ4n) is 1.69. The minimum absolute atomic E-state index is 0.0634. The van der Waals surface area contributed by atoms with Gasteiger partial charge in [0.05, 0.1) is 18.6 Å². The quantitative estimate of drug-likeness (QED) is 0.681. The van der Waals surface area contributed by atoms with Crippen molar-refractivity contribution in [3.8, 4) is 23.8 Å². The van der Waals surface area contributed by atoms with Gasteiger partial charge in [-0.25, -0.2) is 0 Å². The molecule has 0 saturated carbocycles. The van der Waals surface area contributed by atoms with Gasteiger partial charge >= 0.3 is 0 Å². The number of imide groups is 1. The van der Waals surface area contributed by atoms with Gasteiger partial charge in [0.25, 0.3) is 11.1 Å². The summed E-state index contributed by atoms with van der Waals surface area (Å²) < 4.78 is 4.98. The molecular weight excluding hydrogens is 278 g/mol. The van der Waals surface area contributed by atoms with Crippen molar-refractivity contribution in [1.29, 1.82) is 0 Å². The number of para-hydroxylation sites is 1. The maximum absolute atomic E-state index is 12.0. The number of methoxy groups -OCH3 is 1. The number of amides is 2. The van der Waals surface area contributed by atoms with E-state index in [9.17, 15) is 14.7 Å². The molecule has 2 amide bonds. The third-order valence-corrected chi connectivity index (χ3v) is 3.57. The van der Waals surface area contributed by atoms with Crippen molar-refractivity contribution in [1.82, 2.24) is 4.90 Å². The van der Waals surface area contributed by atoms with Crippen molar-refractivity contribution in [2.24, 2.45) is 0 Å². The molecule has 1 heterocycles. The number of hydrogen-bond acceptors (Lipinski definition) is 5. The van der Waals surface area contributed by atoms with E-state index in [1.54, 1.807) is 18.2 Å². The van der Waals surface area contributed by atoms with Crippen LogP contribution < -0.4 is 4.74 Å². The van der Waals surface area contributed by atoms with Gasteiger partial charge in [0.15, 0.2) is 11.5 Å². The molecule has 0 aliphatic carbocycles. The van der Waals surface area contributed by atoms with E-state index in [1.165, 1.54) is 13.2 Å². The molecule has 6 heteroatoms. The zero-order valence-electron chi connectivity index (χ0n) is 10.6. The van der Waals surface area contributed by atoms with E-state index in [0.717, 1.165) is 16.7 Å². The van der Waals surface area contributed by atoms with Crippen LogP contribution in [-0.4, -0.2) is 34.8 Å². The van der Waals surface area contributed by atoms with Gasteiger partial charge in [0.2, 0.25) is 0 Å². The number of rotatable bonds is 3. The summed E-state index contributed by atoms with van der Waals surface area (Å²) in [5.41, 5.74) is 0.399. The minimum Gasteiger partial charge on any atom is -0.504 e. The topological polar surface area (TPSA) is 66.8 Å². The zero-order chi connectivity index (χ0) is 14.7. The highest BCUT2D eigenvalue weighted by molar-refractivity contribution is 8.18. The van der Waals surface area contributed by atoms with Gasteiger partial charge in [-0.1, -0.05) is 18.1 Å². The average Bonchev–Trinajstić information content (AvgIpc) is 2.69. The molecule has 0 bridgehead atoms. The molecule has 1 aliphatic heterocycles. The lowest BCUT2D eigenvalue weighted by Gasteiger charge is -2.07. The van der Waals surface area contributed by atoms with Crippen LogP contribution in [0.2, 0.25) is 0 Å². The molecule has 0 atom stereocenters. The highest BCUT2D eigenvalue weighted by atomic mass is 32.2. The van der Waals surface area contributed by atoms with Crippen molar-refractivity contribution < 1.29 is 19.4 Å². The van der Waals surface area contributed by atoms with Crippen LogP contribution >= 0.6 is 11.8 Å². The number of aromatic hydroxyl groups is 1. The fourth-order valence-corrected chi connectivity index (χ4v) is 2.52. The summed E-state index contributed by atoms with van der Waals surface area (Å²) in [5.74, 6) is 2.01. The SMILES string of the molecule is C#CCN1C(=O)SC(=Cc2cccc(OC)c2O)C1=O. The monoisotopic (exact) mass is 289 g/mol. The van der Waals surface area contributed by atoms with Gasteiger partial charge in [-0.2, -0.15) is 0 Å². The molecule has 1 saturated heterocycles. The predicted octanol–water partition coefficient (Wildman–Crippen LogP) is 2.07. The van der Waals surface area contributed by atoms with Gasteiger partial charge in [-0.3, -0.25) is 14.5 Å². The second-order valence-corrected chi connectivity index (χ2v) is 4.86. The van der Waals surface area contributed by atoms with Gasteiger partial charge in [0, 0.05) is 5.56 Å². The predicted molar refractivity (Wildman–Crippen MR) is 76.2 cm³/mol. The van der Waals surface area contributed by atoms with Crippen molar-refractivity contribution >= 4 is 29.0 Å². The first-order valence-corrected chi connectivity index (χ1v) is 6.45. The van der Waals surface area contributed by atoms with Crippen LogP contribution in [0.25, 0.3) is 6.08 Å². The van der Waals surface area contributed by atoms with Crippen LogP contribution in [0, 0.1) is 12.3 Å². The number of carbonyl (C=O) groups excluding carboxylic acids is 2.